The van der Waals surface area contributed by atoms with Gasteiger partial charge in [-0.25, -0.2) is 13.2 Å². The SMILES string of the molecule is CCC(C)[C@H](N)C(=O)NC(CCS(C)(=O)=O)C(=O)O. The Hall–Kier alpha value is -1.15. The highest BCUT2D eigenvalue weighted by molar-refractivity contribution is 7.90. The fourth-order valence-electron chi connectivity index (χ4n) is 1.37. The third-order valence-corrected chi connectivity index (χ3v) is 3.93. The number of carboxylic acid groups (broad SMARTS) is 1. The summed E-state index contributed by atoms with van der Waals surface area (Å²) in [6.45, 7) is 3.66. The van der Waals surface area contributed by atoms with Crippen molar-refractivity contribution in [3.05, 3.63) is 0 Å². The molecule has 0 bridgehead atoms. The molecule has 0 spiro atoms. The normalized spacial score (nSPS) is 16.4. The van der Waals surface area contributed by atoms with Gasteiger partial charge in [0, 0.05) is 6.26 Å². The van der Waals surface area contributed by atoms with Gasteiger partial charge in [-0.2, -0.15) is 0 Å². The summed E-state index contributed by atoms with van der Waals surface area (Å²) in [5, 5.41) is 11.2. The van der Waals surface area contributed by atoms with Gasteiger partial charge >= 0.3 is 5.97 Å². The lowest BCUT2D eigenvalue weighted by Crippen LogP contribution is -2.51. The molecule has 0 radical (unpaired) electrons. The molecule has 112 valence electrons. The minimum Gasteiger partial charge on any atom is -0.480 e. The van der Waals surface area contributed by atoms with E-state index in [0.29, 0.717) is 6.42 Å². The standard InChI is InChI=1S/C11H22N2O5S/c1-4-7(2)9(12)10(14)13-8(11(15)16)5-6-19(3,17)18/h7-9H,4-6,12H2,1-3H3,(H,13,14)(H,15,16)/t7?,8?,9-/m0/s1. The molecule has 0 saturated heterocycles. The van der Waals surface area contributed by atoms with Crippen LogP contribution in [0, 0.1) is 5.92 Å². The molecule has 3 atom stereocenters. The van der Waals surface area contributed by atoms with Gasteiger partial charge in [-0.15, -0.1) is 0 Å². The van der Waals surface area contributed by atoms with Crippen LogP contribution in [0.3, 0.4) is 0 Å². The van der Waals surface area contributed by atoms with Crippen LogP contribution in [0.15, 0.2) is 0 Å². The van der Waals surface area contributed by atoms with Gasteiger partial charge in [0.2, 0.25) is 5.91 Å². The van der Waals surface area contributed by atoms with E-state index >= 15 is 0 Å². The monoisotopic (exact) mass is 294 g/mol. The Morgan fingerprint density at radius 1 is 1.37 bits per heavy atom. The van der Waals surface area contributed by atoms with Crippen molar-refractivity contribution < 1.29 is 23.1 Å². The summed E-state index contributed by atoms with van der Waals surface area (Å²) in [6.07, 6.45) is 1.53. The van der Waals surface area contributed by atoms with Gasteiger partial charge in [0.15, 0.2) is 0 Å². The van der Waals surface area contributed by atoms with Gasteiger partial charge in [-0.05, 0) is 12.3 Å². The number of amides is 1. The quantitative estimate of drug-likeness (QED) is 0.547. The summed E-state index contributed by atoms with van der Waals surface area (Å²) < 4.78 is 22.0. The summed E-state index contributed by atoms with van der Waals surface area (Å²) in [4.78, 5) is 22.7. The van der Waals surface area contributed by atoms with Crippen LogP contribution in [0.4, 0.5) is 0 Å². The van der Waals surface area contributed by atoms with Crippen molar-refractivity contribution >= 4 is 21.7 Å². The second kappa shape index (κ2) is 7.44. The summed E-state index contributed by atoms with van der Waals surface area (Å²) >= 11 is 0. The summed E-state index contributed by atoms with van der Waals surface area (Å²) in [7, 11) is -3.28. The highest BCUT2D eigenvalue weighted by Crippen LogP contribution is 2.06. The lowest BCUT2D eigenvalue weighted by Gasteiger charge is -2.21. The number of nitrogens with two attached hydrogens (primary N) is 1. The second-order valence-electron chi connectivity index (χ2n) is 4.73. The molecule has 0 fully saturated rings. The molecule has 0 saturated carbocycles. The Kier molecular flexibility index (Phi) is 6.99. The van der Waals surface area contributed by atoms with Crippen molar-refractivity contribution in [1.29, 1.82) is 0 Å². The van der Waals surface area contributed by atoms with Crippen molar-refractivity contribution in [3.8, 4) is 0 Å². The van der Waals surface area contributed by atoms with Crippen molar-refractivity contribution in [2.75, 3.05) is 12.0 Å². The Morgan fingerprint density at radius 2 is 1.89 bits per heavy atom. The van der Waals surface area contributed by atoms with Crippen LogP contribution >= 0.6 is 0 Å². The fraction of sp³-hybridized carbons (Fsp3) is 0.818. The van der Waals surface area contributed by atoms with Gasteiger partial charge in [0.1, 0.15) is 15.9 Å². The van der Waals surface area contributed by atoms with Gasteiger partial charge in [-0.3, -0.25) is 4.79 Å². The number of nitrogens with one attached hydrogen (secondary N) is 1. The maximum Gasteiger partial charge on any atom is 0.326 e. The smallest absolute Gasteiger partial charge is 0.326 e. The predicted molar refractivity (Wildman–Crippen MR) is 71.3 cm³/mol. The average Bonchev–Trinajstić information content (AvgIpc) is 2.30. The largest absolute Gasteiger partial charge is 0.480 e. The van der Waals surface area contributed by atoms with E-state index in [1.165, 1.54) is 0 Å². The van der Waals surface area contributed by atoms with E-state index in [0.717, 1.165) is 6.26 Å². The predicted octanol–water partition coefficient (Wildman–Crippen LogP) is -0.636. The molecule has 0 aliphatic heterocycles. The molecule has 8 heteroatoms. The van der Waals surface area contributed by atoms with Crippen molar-refractivity contribution in [2.24, 2.45) is 11.7 Å². The number of sulfone groups is 1. The van der Waals surface area contributed by atoms with E-state index < -0.39 is 33.8 Å². The first-order valence-corrected chi connectivity index (χ1v) is 8.11. The van der Waals surface area contributed by atoms with Crippen LogP contribution in [0.2, 0.25) is 0 Å². The van der Waals surface area contributed by atoms with Crippen LogP contribution in [0.1, 0.15) is 26.7 Å². The van der Waals surface area contributed by atoms with E-state index in [1.807, 2.05) is 6.92 Å². The average molecular weight is 294 g/mol. The molecule has 0 heterocycles. The molecule has 0 aromatic heterocycles. The number of carbonyl (C=O) groups excluding carboxylic acids is 1. The zero-order chi connectivity index (χ0) is 15.2. The maximum absolute atomic E-state index is 11.7. The van der Waals surface area contributed by atoms with E-state index in [9.17, 15) is 18.0 Å². The van der Waals surface area contributed by atoms with E-state index in [4.69, 9.17) is 10.8 Å². The third-order valence-electron chi connectivity index (χ3n) is 2.95. The Morgan fingerprint density at radius 3 is 2.26 bits per heavy atom. The van der Waals surface area contributed by atoms with Crippen LogP contribution in [-0.2, 0) is 19.4 Å². The van der Waals surface area contributed by atoms with Gasteiger partial charge < -0.3 is 16.2 Å². The Bertz CT molecular complexity index is 421. The molecule has 2 unspecified atom stereocenters. The number of aliphatic carboxylic acids is 1. The minimum atomic E-state index is -3.28. The highest BCUT2D eigenvalue weighted by Gasteiger charge is 2.26. The summed E-state index contributed by atoms with van der Waals surface area (Å²) in [5.41, 5.74) is 5.68. The minimum absolute atomic E-state index is 0.0793. The fourth-order valence-corrected chi connectivity index (χ4v) is 2.03. The maximum atomic E-state index is 11.7. The van der Waals surface area contributed by atoms with Crippen molar-refractivity contribution in [1.82, 2.24) is 5.32 Å². The van der Waals surface area contributed by atoms with Gasteiger partial charge in [-0.1, -0.05) is 20.3 Å². The van der Waals surface area contributed by atoms with Crippen LogP contribution in [-0.4, -0.2) is 49.5 Å². The second-order valence-corrected chi connectivity index (χ2v) is 6.99. The van der Waals surface area contributed by atoms with Crippen molar-refractivity contribution in [3.63, 3.8) is 0 Å². The number of hydrogen-bond acceptors (Lipinski definition) is 5. The molecule has 0 rings (SSSR count). The zero-order valence-corrected chi connectivity index (χ0v) is 12.2. The van der Waals surface area contributed by atoms with Crippen molar-refractivity contribution in [2.45, 2.75) is 38.8 Å². The van der Waals surface area contributed by atoms with E-state index in [1.54, 1.807) is 6.92 Å². The molecule has 0 aliphatic rings. The zero-order valence-electron chi connectivity index (χ0n) is 11.4. The Balaban J connectivity index is 4.59. The van der Waals surface area contributed by atoms with Crippen LogP contribution < -0.4 is 11.1 Å². The molecule has 7 nitrogen and oxygen atoms in total. The lowest BCUT2D eigenvalue weighted by molar-refractivity contribution is -0.142. The number of rotatable bonds is 8. The van der Waals surface area contributed by atoms with Crippen LogP contribution in [0.5, 0.6) is 0 Å². The summed E-state index contributed by atoms with van der Waals surface area (Å²) in [5.74, 6) is -2.23. The molecule has 0 aromatic carbocycles. The van der Waals surface area contributed by atoms with Gasteiger partial charge in [0.05, 0.1) is 11.8 Å². The Labute approximate surface area is 113 Å². The first-order chi connectivity index (χ1) is 8.58. The molecule has 19 heavy (non-hydrogen) atoms. The number of carbonyl (C=O) groups is 2. The first-order valence-electron chi connectivity index (χ1n) is 6.05. The van der Waals surface area contributed by atoms with E-state index in [2.05, 4.69) is 5.32 Å². The highest BCUT2D eigenvalue weighted by atomic mass is 32.2. The van der Waals surface area contributed by atoms with E-state index in [-0.39, 0.29) is 18.1 Å². The lowest BCUT2D eigenvalue weighted by atomic mass is 9.99. The van der Waals surface area contributed by atoms with Crippen LogP contribution in [0.25, 0.3) is 0 Å². The topological polar surface area (TPSA) is 127 Å². The molecular weight excluding hydrogens is 272 g/mol. The number of hydrogen-bond donors (Lipinski definition) is 3. The van der Waals surface area contributed by atoms with Gasteiger partial charge in [0.25, 0.3) is 0 Å². The number of carboxylic acids is 1. The molecule has 0 aliphatic carbocycles. The summed E-state index contributed by atoms with van der Waals surface area (Å²) in [6, 6.07) is -2.04. The molecule has 1 amide bonds. The first kappa shape index (κ1) is 17.8. The third kappa shape index (κ3) is 7.12. The molecule has 4 N–H and O–H groups in total. The molecule has 0 aromatic rings. The molecular formula is C11H22N2O5S.